The van der Waals surface area contributed by atoms with E-state index in [1.165, 1.54) is 0 Å². The summed E-state index contributed by atoms with van der Waals surface area (Å²) in [4.78, 5) is 14.4. The molecule has 2 atom stereocenters. The molecule has 2 aliphatic rings. The van der Waals surface area contributed by atoms with Crippen LogP contribution in [0.25, 0.3) is 0 Å². The predicted octanol–water partition coefficient (Wildman–Crippen LogP) is 2.33. The highest BCUT2D eigenvalue weighted by Crippen LogP contribution is 2.40. The summed E-state index contributed by atoms with van der Waals surface area (Å²) < 4.78 is 0. The third-order valence-corrected chi connectivity index (χ3v) is 4.95. The summed E-state index contributed by atoms with van der Waals surface area (Å²) in [5.74, 6) is 0.169. The first kappa shape index (κ1) is 14.1. The second kappa shape index (κ2) is 5.50. The number of nitrogens with zero attached hydrogens (tertiary/aromatic N) is 2. The fraction of sp³-hybridized carbons (Fsp3) is 0.529. The molecular formula is C17H20N2O2. The highest BCUT2D eigenvalue weighted by atomic mass is 16.3. The highest BCUT2D eigenvalue weighted by molar-refractivity contribution is 5.94. The Balaban J connectivity index is 1.76. The number of piperidine rings is 1. The number of carbonyl (C=O) groups excluding carboxylic acids is 1. The Bertz CT molecular complexity index is 593. The van der Waals surface area contributed by atoms with Crippen LogP contribution in [0.3, 0.4) is 0 Å². The van der Waals surface area contributed by atoms with E-state index < -0.39 is 5.60 Å². The van der Waals surface area contributed by atoms with Crippen LogP contribution in [0, 0.1) is 17.2 Å². The lowest BCUT2D eigenvalue weighted by Gasteiger charge is -2.47. The monoisotopic (exact) mass is 284 g/mol. The van der Waals surface area contributed by atoms with Crippen LogP contribution in [-0.2, 0) is 0 Å². The van der Waals surface area contributed by atoms with Crippen molar-refractivity contribution >= 4 is 5.91 Å². The van der Waals surface area contributed by atoms with Gasteiger partial charge in [-0.2, -0.15) is 5.26 Å². The van der Waals surface area contributed by atoms with Crippen molar-refractivity contribution < 1.29 is 9.90 Å². The van der Waals surface area contributed by atoms with Crippen molar-refractivity contribution in [2.24, 2.45) is 5.92 Å². The van der Waals surface area contributed by atoms with E-state index in [1.807, 2.05) is 4.90 Å². The minimum absolute atomic E-state index is 0.0280. The molecule has 1 heterocycles. The fourth-order valence-corrected chi connectivity index (χ4v) is 3.66. The zero-order chi connectivity index (χ0) is 14.9. The van der Waals surface area contributed by atoms with Crippen molar-refractivity contribution in [3.05, 3.63) is 35.4 Å². The number of nitriles is 1. The van der Waals surface area contributed by atoms with Gasteiger partial charge in [-0.25, -0.2) is 0 Å². The summed E-state index contributed by atoms with van der Waals surface area (Å²) >= 11 is 0. The average Bonchev–Trinajstić information content (AvgIpc) is 2.53. The van der Waals surface area contributed by atoms with Gasteiger partial charge in [-0.3, -0.25) is 4.79 Å². The lowest BCUT2D eigenvalue weighted by atomic mass is 9.71. The predicted molar refractivity (Wildman–Crippen MR) is 78.6 cm³/mol. The van der Waals surface area contributed by atoms with Crippen LogP contribution in [0.4, 0.5) is 0 Å². The molecule has 0 radical (unpaired) electrons. The normalized spacial score (nSPS) is 28.6. The second-order valence-electron chi connectivity index (χ2n) is 6.24. The number of benzene rings is 1. The Kier molecular flexibility index (Phi) is 3.69. The van der Waals surface area contributed by atoms with Crippen LogP contribution in [0.1, 0.15) is 48.0 Å². The molecule has 3 rings (SSSR count). The summed E-state index contributed by atoms with van der Waals surface area (Å²) in [7, 11) is 0. The summed E-state index contributed by atoms with van der Waals surface area (Å²) in [5.41, 5.74) is 0.506. The number of amides is 1. The fourth-order valence-electron chi connectivity index (χ4n) is 3.66. The van der Waals surface area contributed by atoms with E-state index in [9.17, 15) is 9.90 Å². The lowest BCUT2D eigenvalue weighted by Crippen LogP contribution is -2.54. The Morgan fingerprint density at radius 3 is 3.05 bits per heavy atom. The molecule has 110 valence electrons. The van der Waals surface area contributed by atoms with Gasteiger partial charge in [0.1, 0.15) is 0 Å². The molecule has 1 aromatic carbocycles. The summed E-state index contributed by atoms with van der Waals surface area (Å²) in [6.07, 6.45) is 4.76. The average molecular weight is 284 g/mol. The molecule has 0 bridgehead atoms. The summed E-state index contributed by atoms with van der Waals surface area (Å²) in [6.45, 7) is 1.23. The molecule has 4 nitrogen and oxygen atoms in total. The maximum atomic E-state index is 12.6. The molecule has 1 N–H and O–H groups in total. The van der Waals surface area contributed by atoms with E-state index in [-0.39, 0.29) is 11.8 Å². The molecule has 2 unspecified atom stereocenters. The molecule has 1 saturated carbocycles. The van der Waals surface area contributed by atoms with Crippen molar-refractivity contribution in [3.8, 4) is 6.07 Å². The maximum absolute atomic E-state index is 12.6. The van der Waals surface area contributed by atoms with Gasteiger partial charge in [-0.1, -0.05) is 18.9 Å². The lowest BCUT2D eigenvalue weighted by molar-refractivity contribution is -0.0886. The van der Waals surface area contributed by atoms with Crippen LogP contribution < -0.4 is 0 Å². The van der Waals surface area contributed by atoms with Crippen LogP contribution in [0.5, 0.6) is 0 Å². The SMILES string of the molecule is N#Cc1cccc(C(=O)N2CCC3(O)CCCCC3C2)c1. The van der Waals surface area contributed by atoms with Crippen molar-refractivity contribution in [1.82, 2.24) is 4.90 Å². The minimum Gasteiger partial charge on any atom is -0.389 e. The largest absolute Gasteiger partial charge is 0.389 e. The van der Waals surface area contributed by atoms with E-state index in [1.54, 1.807) is 24.3 Å². The summed E-state index contributed by atoms with van der Waals surface area (Å²) in [6, 6.07) is 8.91. The Hall–Kier alpha value is -1.86. The number of likely N-dealkylation sites (tertiary alicyclic amines) is 1. The minimum atomic E-state index is -0.566. The van der Waals surface area contributed by atoms with Gasteiger partial charge in [0.05, 0.1) is 17.2 Å². The Morgan fingerprint density at radius 1 is 1.38 bits per heavy atom. The first-order chi connectivity index (χ1) is 10.1. The van der Waals surface area contributed by atoms with Gasteiger partial charge in [0.15, 0.2) is 0 Å². The smallest absolute Gasteiger partial charge is 0.253 e. The van der Waals surface area contributed by atoms with E-state index >= 15 is 0 Å². The molecule has 1 amide bonds. The van der Waals surface area contributed by atoms with Gasteiger partial charge in [0.2, 0.25) is 0 Å². The molecular weight excluding hydrogens is 264 g/mol. The molecule has 1 aliphatic carbocycles. The molecule has 4 heteroatoms. The van der Waals surface area contributed by atoms with Gasteiger partial charge in [0, 0.05) is 24.6 Å². The molecule has 1 aromatic rings. The van der Waals surface area contributed by atoms with E-state index in [0.717, 1.165) is 25.7 Å². The van der Waals surface area contributed by atoms with Crippen LogP contribution in [0.15, 0.2) is 24.3 Å². The number of hydrogen-bond donors (Lipinski definition) is 1. The molecule has 1 saturated heterocycles. The third kappa shape index (κ3) is 2.66. The van der Waals surface area contributed by atoms with Crippen LogP contribution in [0.2, 0.25) is 0 Å². The molecule has 0 aromatic heterocycles. The van der Waals surface area contributed by atoms with E-state index in [4.69, 9.17) is 5.26 Å². The van der Waals surface area contributed by atoms with E-state index in [0.29, 0.717) is 30.6 Å². The summed E-state index contributed by atoms with van der Waals surface area (Å²) in [5, 5.41) is 19.6. The van der Waals surface area contributed by atoms with Gasteiger partial charge >= 0.3 is 0 Å². The van der Waals surface area contributed by atoms with Crippen molar-refractivity contribution in [1.29, 1.82) is 5.26 Å². The van der Waals surface area contributed by atoms with Gasteiger partial charge in [-0.15, -0.1) is 0 Å². The number of carbonyl (C=O) groups is 1. The maximum Gasteiger partial charge on any atom is 0.253 e. The Morgan fingerprint density at radius 2 is 2.24 bits per heavy atom. The first-order valence-corrected chi connectivity index (χ1v) is 7.64. The third-order valence-electron chi connectivity index (χ3n) is 4.95. The molecule has 21 heavy (non-hydrogen) atoms. The second-order valence-corrected chi connectivity index (χ2v) is 6.24. The van der Waals surface area contributed by atoms with E-state index in [2.05, 4.69) is 6.07 Å². The van der Waals surface area contributed by atoms with Crippen LogP contribution in [-0.4, -0.2) is 34.6 Å². The number of hydrogen-bond acceptors (Lipinski definition) is 3. The van der Waals surface area contributed by atoms with Crippen molar-refractivity contribution in [2.45, 2.75) is 37.7 Å². The molecule has 1 aliphatic heterocycles. The van der Waals surface area contributed by atoms with Gasteiger partial charge in [-0.05, 0) is 37.5 Å². The van der Waals surface area contributed by atoms with Gasteiger partial charge < -0.3 is 10.0 Å². The van der Waals surface area contributed by atoms with Crippen LogP contribution >= 0.6 is 0 Å². The zero-order valence-corrected chi connectivity index (χ0v) is 12.1. The number of fused-ring (bicyclic) bond motifs is 1. The number of aliphatic hydroxyl groups is 1. The molecule has 0 spiro atoms. The standard InChI is InChI=1S/C17H20N2O2/c18-11-13-4-3-5-14(10-13)16(20)19-9-8-17(21)7-2-1-6-15(17)12-19/h3-5,10,15,21H,1-2,6-9,12H2. The zero-order valence-electron chi connectivity index (χ0n) is 12.1. The topological polar surface area (TPSA) is 64.3 Å². The van der Waals surface area contributed by atoms with Crippen molar-refractivity contribution in [2.75, 3.05) is 13.1 Å². The van der Waals surface area contributed by atoms with Gasteiger partial charge in [0.25, 0.3) is 5.91 Å². The Labute approximate surface area is 125 Å². The quantitative estimate of drug-likeness (QED) is 0.860. The highest BCUT2D eigenvalue weighted by Gasteiger charge is 2.43. The first-order valence-electron chi connectivity index (χ1n) is 7.64. The molecule has 2 fully saturated rings. The number of rotatable bonds is 1. The van der Waals surface area contributed by atoms with Crippen molar-refractivity contribution in [3.63, 3.8) is 0 Å².